The summed E-state index contributed by atoms with van der Waals surface area (Å²) in [4.78, 5) is 20.9. The lowest BCUT2D eigenvalue weighted by Crippen LogP contribution is -2.19. The molecule has 66 valence electrons. The van der Waals surface area contributed by atoms with Crippen molar-refractivity contribution in [3.8, 4) is 6.07 Å². The second-order valence-electron chi connectivity index (χ2n) is 2.00. The third-order valence-corrected chi connectivity index (χ3v) is 0.853. The van der Waals surface area contributed by atoms with E-state index in [1.807, 2.05) is 0 Å². The fraction of sp³-hybridized carbons (Fsp3) is 0.571. The molecular weight excluding hydrogens is 162 g/mol. The molecule has 0 bridgehead atoms. The standard InChI is InChI=1S/C7H9NO4/c1-5(9)11-6(2)12-7(10)3-4-8/h6H,3H2,1-2H3. The van der Waals surface area contributed by atoms with Gasteiger partial charge in [0.2, 0.25) is 6.29 Å². The van der Waals surface area contributed by atoms with Gasteiger partial charge >= 0.3 is 11.9 Å². The Balaban J connectivity index is 3.70. The third kappa shape index (κ3) is 5.23. The van der Waals surface area contributed by atoms with Gasteiger partial charge in [-0.25, -0.2) is 0 Å². The van der Waals surface area contributed by atoms with Crippen LogP contribution in [0.2, 0.25) is 0 Å². The van der Waals surface area contributed by atoms with Crippen molar-refractivity contribution in [2.45, 2.75) is 26.6 Å². The van der Waals surface area contributed by atoms with E-state index >= 15 is 0 Å². The lowest BCUT2D eigenvalue weighted by Gasteiger charge is -2.10. The molecule has 0 aromatic heterocycles. The summed E-state index contributed by atoms with van der Waals surface area (Å²) in [6.07, 6.45) is -1.27. The van der Waals surface area contributed by atoms with Gasteiger partial charge in [-0.1, -0.05) is 0 Å². The molecule has 12 heavy (non-hydrogen) atoms. The molecule has 0 fully saturated rings. The highest BCUT2D eigenvalue weighted by Gasteiger charge is 2.10. The average Bonchev–Trinajstić information content (AvgIpc) is 1.84. The second-order valence-corrected chi connectivity index (χ2v) is 2.00. The maximum atomic E-state index is 10.6. The fourth-order valence-corrected chi connectivity index (χ4v) is 0.549. The van der Waals surface area contributed by atoms with Gasteiger partial charge in [0.25, 0.3) is 0 Å². The minimum atomic E-state index is -0.927. The normalized spacial score (nSPS) is 11.1. The Labute approximate surface area is 69.9 Å². The molecule has 0 aliphatic carbocycles. The molecule has 0 spiro atoms. The zero-order chi connectivity index (χ0) is 9.56. The van der Waals surface area contributed by atoms with Gasteiger partial charge in [-0.3, -0.25) is 9.59 Å². The van der Waals surface area contributed by atoms with Gasteiger partial charge in [-0.2, -0.15) is 5.26 Å². The molecule has 0 aliphatic rings. The average molecular weight is 171 g/mol. The van der Waals surface area contributed by atoms with Crippen LogP contribution in [0.3, 0.4) is 0 Å². The van der Waals surface area contributed by atoms with Crippen molar-refractivity contribution in [3.05, 3.63) is 0 Å². The molecule has 0 amide bonds. The molecule has 0 saturated heterocycles. The summed E-state index contributed by atoms with van der Waals surface area (Å²) in [5.41, 5.74) is 0. The Morgan fingerprint density at radius 3 is 2.50 bits per heavy atom. The number of rotatable bonds is 3. The predicted molar refractivity (Wildman–Crippen MR) is 37.6 cm³/mol. The number of carbonyl (C=O) groups excluding carboxylic acids is 2. The van der Waals surface area contributed by atoms with Crippen LogP contribution >= 0.6 is 0 Å². The molecule has 0 rings (SSSR count). The highest BCUT2D eigenvalue weighted by atomic mass is 16.7. The first-order chi connectivity index (χ1) is 5.56. The minimum Gasteiger partial charge on any atom is -0.426 e. The Kier molecular flexibility index (Phi) is 4.46. The van der Waals surface area contributed by atoms with E-state index in [0.717, 1.165) is 0 Å². The Morgan fingerprint density at radius 2 is 2.08 bits per heavy atom. The molecule has 1 atom stereocenters. The van der Waals surface area contributed by atoms with Crippen LogP contribution in [-0.2, 0) is 19.1 Å². The highest BCUT2D eigenvalue weighted by molar-refractivity contribution is 5.72. The highest BCUT2D eigenvalue weighted by Crippen LogP contribution is 1.96. The van der Waals surface area contributed by atoms with Gasteiger partial charge in [0.05, 0.1) is 6.07 Å². The number of carbonyl (C=O) groups is 2. The molecular formula is C7H9NO4. The van der Waals surface area contributed by atoms with Crippen molar-refractivity contribution in [3.63, 3.8) is 0 Å². The summed E-state index contributed by atoms with van der Waals surface area (Å²) in [5, 5.41) is 8.07. The first-order valence-corrected chi connectivity index (χ1v) is 3.30. The van der Waals surface area contributed by atoms with Crippen LogP contribution in [0.15, 0.2) is 0 Å². The van der Waals surface area contributed by atoms with Crippen LogP contribution in [-0.4, -0.2) is 18.2 Å². The molecule has 1 unspecified atom stereocenters. The molecule has 0 N–H and O–H groups in total. The molecule has 0 saturated carbocycles. The van der Waals surface area contributed by atoms with E-state index in [-0.39, 0.29) is 6.42 Å². The molecule has 5 nitrogen and oxygen atoms in total. The lowest BCUT2D eigenvalue weighted by atomic mass is 10.5. The van der Waals surface area contributed by atoms with Gasteiger partial charge in [0, 0.05) is 13.8 Å². The van der Waals surface area contributed by atoms with Crippen LogP contribution in [0, 0.1) is 11.3 Å². The topological polar surface area (TPSA) is 76.4 Å². The van der Waals surface area contributed by atoms with Crippen molar-refractivity contribution in [1.29, 1.82) is 5.26 Å². The summed E-state index contributed by atoms with van der Waals surface area (Å²) < 4.78 is 8.97. The predicted octanol–water partition coefficient (Wildman–Crippen LogP) is 0.352. The molecule has 0 heterocycles. The van der Waals surface area contributed by atoms with E-state index in [4.69, 9.17) is 5.26 Å². The van der Waals surface area contributed by atoms with Crippen molar-refractivity contribution in [2.75, 3.05) is 0 Å². The maximum absolute atomic E-state index is 10.6. The van der Waals surface area contributed by atoms with Crippen molar-refractivity contribution >= 4 is 11.9 Å². The van der Waals surface area contributed by atoms with Crippen LogP contribution < -0.4 is 0 Å². The minimum absolute atomic E-state index is 0.342. The SMILES string of the molecule is CC(=O)OC(C)OC(=O)CC#N. The van der Waals surface area contributed by atoms with Crippen LogP contribution in [0.4, 0.5) is 0 Å². The second kappa shape index (κ2) is 5.13. The maximum Gasteiger partial charge on any atom is 0.323 e. The first kappa shape index (κ1) is 10.4. The van der Waals surface area contributed by atoms with E-state index in [9.17, 15) is 9.59 Å². The van der Waals surface area contributed by atoms with Gasteiger partial charge in [0.1, 0.15) is 6.42 Å². The zero-order valence-corrected chi connectivity index (χ0v) is 6.86. The van der Waals surface area contributed by atoms with Crippen LogP contribution in [0.25, 0.3) is 0 Å². The monoisotopic (exact) mass is 171 g/mol. The van der Waals surface area contributed by atoms with Crippen LogP contribution in [0.5, 0.6) is 0 Å². The van der Waals surface area contributed by atoms with E-state index in [1.54, 1.807) is 6.07 Å². The first-order valence-electron chi connectivity index (χ1n) is 3.30. The van der Waals surface area contributed by atoms with E-state index in [2.05, 4.69) is 9.47 Å². The van der Waals surface area contributed by atoms with E-state index in [1.165, 1.54) is 13.8 Å². The van der Waals surface area contributed by atoms with Gasteiger partial charge < -0.3 is 9.47 Å². The smallest absolute Gasteiger partial charge is 0.323 e. The summed E-state index contributed by atoms with van der Waals surface area (Å²) in [6, 6.07) is 1.61. The quantitative estimate of drug-likeness (QED) is 0.452. The number of ether oxygens (including phenoxy) is 2. The van der Waals surface area contributed by atoms with Crippen molar-refractivity contribution in [1.82, 2.24) is 0 Å². The third-order valence-electron chi connectivity index (χ3n) is 0.853. The lowest BCUT2D eigenvalue weighted by molar-refractivity contribution is -0.182. The number of esters is 2. The van der Waals surface area contributed by atoms with Crippen molar-refractivity contribution in [2.24, 2.45) is 0 Å². The number of hydrogen-bond donors (Lipinski definition) is 0. The number of hydrogen-bond acceptors (Lipinski definition) is 5. The zero-order valence-electron chi connectivity index (χ0n) is 6.86. The van der Waals surface area contributed by atoms with E-state index < -0.39 is 18.2 Å². The fourth-order valence-electron chi connectivity index (χ4n) is 0.549. The Hall–Kier alpha value is -1.57. The summed E-state index contributed by atoms with van der Waals surface area (Å²) >= 11 is 0. The molecule has 0 aromatic carbocycles. The molecule has 0 aromatic rings. The van der Waals surface area contributed by atoms with Crippen LogP contribution in [0.1, 0.15) is 20.3 Å². The summed E-state index contributed by atoms with van der Waals surface area (Å²) in [6.45, 7) is 2.60. The molecule has 0 aliphatic heterocycles. The number of nitrogens with zero attached hydrogens (tertiary/aromatic N) is 1. The Morgan fingerprint density at radius 1 is 1.50 bits per heavy atom. The number of nitriles is 1. The molecule has 0 radical (unpaired) electrons. The van der Waals surface area contributed by atoms with Crippen molar-refractivity contribution < 1.29 is 19.1 Å². The summed E-state index contributed by atoms with van der Waals surface area (Å²) in [7, 11) is 0. The molecule has 5 heteroatoms. The summed E-state index contributed by atoms with van der Waals surface area (Å²) in [5.74, 6) is -1.24. The van der Waals surface area contributed by atoms with Gasteiger partial charge in [-0.15, -0.1) is 0 Å². The van der Waals surface area contributed by atoms with Gasteiger partial charge in [0.15, 0.2) is 0 Å². The van der Waals surface area contributed by atoms with Gasteiger partial charge in [-0.05, 0) is 0 Å². The largest absolute Gasteiger partial charge is 0.426 e. The Bertz CT molecular complexity index is 218. The van der Waals surface area contributed by atoms with E-state index in [0.29, 0.717) is 0 Å².